The standard InChI is InChI=1S/C10H16O2/c1-8-4-3-5-10(6-11)7-12-9(8)2/h4,7,9,11H,3,5-6H2,1-2H3/b8-4-,10-7+/t9-/m1/s1. The summed E-state index contributed by atoms with van der Waals surface area (Å²) in [5, 5.41) is 8.89. The monoisotopic (exact) mass is 168 g/mol. The Hall–Kier alpha value is -0.760. The van der Waals surface area contributed by atoms with Crippen molar-refractivity contribution in [2.24, 2.45) is 0 Å². The van der Waals surface area contributed by atoms with E-state index in [1.54, 1.807) is 6.26 Å². The van der Waals surface area contributed by atoms with Crippen molar-refractivity contribution in [3.8, 4) is 0 Å². The smallest absolute Gasteiger partial charge is 0.116 e. The SMILES string of the molecule is C/C1=C/CC/C(CO)=C\O[C@@H]1C. The van der Waals surface area contributed by atoms with E-state index >= 15 is 0 Å². The summed E-state index contributed by atoms with van der Waals surface area (Å²) in [5.41, 5.74) is 2.24. The molecule has 68 valence electrons. The molecule has 2 nitrogen and oxygen atoms in total. The summed E-state index contributed by atoms with van der Waals surface area (Å²) in [5.74, 6) is 0. The Labute approximate surface area is 73.5 Å². The number of allylic oxidation sites excluding steroid dienone is 1. The molecule has 0 spiro atoms. The predicted molar refractivity (Wildman–Crippen MR) is 48.7 cm³/mol. The van der Waals surface area contributed by atoms with Gasteiger partial charge in [-0.25, -0.2) is 0 Å². The van der Waals surface area contributed by atoms with Gasteiger partial charge in [0.1, 0.15) is 6.10 Å². The molecule has 0 fully saturated rings. The summed E-state index contributed by atoms with van der Waals surface area (Å²) in [6.07, 6.45) is 5.92. The summed E-state index contributed by atoms with van der Waals surface area (Å²) < 4.78 is 5.41. The Morgan fingerprint density at radius 1 is 1.67 bits per heavy atom. The minimum atomic E-state index is 0.111. The van der Waals surface area contributed by atoms with Gasteiger partial charge in [-0.15, -0.1) is 0 Å². The minimum absolute atomic E-state index is 0.111. The van der Waals surface area contributed by atoms with Crippen molar-refractivity contribution in [1.29, 1.82) is 0 Å². The molecule has 0 radical (unpaired) electrons. The van der Waals surface area contributed by atoms with E-state index < -0.39 is 0 Å². The third-order valence-corrected chi connectivity index (χ3v) is 2.21. The fourth-order valence-corrected chi connectivity index (χ4v) is 1.13. The highest BCUT2D eigenvalue weighted by molar-refractivity contribution is 5.10. The molecule has 2 heteroatoms. The van der Waals surface area contributed by atoms with E-state index in [2.05, 4.69) is 13.0 Å². The van der Waals surface area contributed by atoms with Crippen LogP contribution in [0.25, 0.3) is 0 Å². The highest BCUT2D eigenvalue weighted by Gasteiger charge is 2.06. The van der Waals surface area contributed by atoms with Crippen LogP contribution in [-0.4, -0.2) is 17.8 Å². The maximum absolute atomic E-state index is 8.89. The van der Waals surface area contributed by atoms with Crippen molar-refractivity contribution in [2.75, 3.05) is 6.61 Å². The van der Waals surface area contributed by atoms with E-state index in [0.29, 0.717) is 0 Å². The van der Waals surface area contributed by atoms with Gasteiger partial charge in [-0.2, -0.15) is 0 Å². The predicted octanol–water partition coefficient (Wildman–Crippen LogP) is 2.01. The molecule has 0 aliphatic carbocycles. The average Bonchev–Trinajstić information content (AvgIpc) is 2.07. The summed E-state index contributed by atoms with van der Waals surface area (Å²) in [6.45, 7) is 4.20. The number of hydrogen-bond acceptors (Lipinski definition) is 2. The van der Waals surface area contributed by atoms with Crippen LogP contribution in [0.5, 0.6) is 0 Å². The molecule has 1 atom stereocenters. The van der Waals surface area contributed by atoms with Crippen molar-refractivity contribution in [1.82, 2.24) is 0 Å². The molecule has 1 N–H and O–H groups in total. The Bertz CT molecular complexity index is 204. The van der Waals surface area contributed by atoms with Gasteiger partial charge in [-0.1, -0.05) is 6.08 Å². The van der Waals surface area contributed by atoms with Gasteiger partial charge in [0.25, 0.3) is 0 Å². The van der Waals surface area contributed by atoms with E-state index in [1.807, 2.05) is 6.92 Å². The molecule has 1 aliphatic rings. The van der Waals surface area contributed by atoms with Crippen molar-refractivity contribution in [3.63, 3.8) is 0 Å². The van der Waals surface area contributed by atoms with Crippen molar-refractivity contribution in [3.05, 3.63) is 23.5 Å². The van der Waals surface area contributed by atoms with Gasteiger partial charge in [0.15, 0.2) is 0 Å². The van der Waals surface area contributed by atoms with Crippen LogP contribution in [0.1, 0.15) is 26.7 Å². The van der Waals surface area contributed by atoms with Crippen molar-refractivity contribution < 1.29 is 9.84 Å². The van der Waals surface area contributed by atoms with E-state index in [4.69, 9.17) is 9.84 Å². The second-order valence-electron chi connectivity index (χ2n) is 3.20. The molecular weight excluding hydrogens is 152 g/mol. The van der Waals surface area contributed by atoms with Gasteiger partial charge < -0.3 is 9.84 Å². The quantitative estimate of drug-likeness (QED) is 0.607. The second kappa shape index (κ2) is 4.31. The summed E-state index contributed by atoms with van der Waals surface area (Å²) in [7, 11) is 0. The highest BCUT2D eigenvalue weighted by atomic mass is 16.5. The fraction of sp³-hybridized carbons (Fsp3) is 0.600. The lowest BCUT2D eigenvalue weighted by Crippen LogP contribution is -2.08. The molecule has 1 heterocycles. The van der Waals surface area contributed by atoms with Crippen LogP contribution in [0.15, 0.2) is 23.5 Å². The van der Waals surface area contributed by atoms with Gasteiger partial charge in [0, 0.05) is 0 Å². The summed E-state index contributed by atoms with van der Waals surface area (Å²) in [4.78, 5) is 0. The first-order valence-electron chi connectivity index (χ1n) is 4.35. The molecule has 1 aliphatic heterocycles. The number of ether oxygens (including phenoxy) is 1. The molecule has 0 unspecified atom stereocenters. The third kappa shape index (κ3) is 2.38. The molecule has 12 heavy (non-hydrogen) atoms. The van der Waals surface area contributed by atoms with Gasteiger partial charge in [-0.3, -0.25) is 0 Å². The van der Waals surface area contributed by atoms with E-state index in [-0.39, 0.29) is 12.7 Å². The maximum Gasteiger partial charge on any atom is 0.116 e. The second-order valence-corrected chi connectivity index (χ2v) is 3.20. The van der Waals surface area contributed by atoms with Crippen LogP contribution in [0.2, 0.25) is 0 Å². The fourth-order valence-electron chi connectivity index (χ4n) is 1.13. The molecule has 0 aromatic heterocycles. The Morgan fingerprint density at radius 2 is 2.42 bits per heavy atom. The topological polar surface area (TPSA) is 29.5 Å². The lowest BCUT2D eigenvalue weighted by molar-refractivity contribution is 0.183. The summed E-state index contributed by atoms with van der Waals surface area (Å²) >= 11 is 0. The van der Waals surface area contributed by atoms with Gasteiger partial charge in [0.05, 0.1) is 12.9 Å². The first-order valence-corrected chi connectivity index (χ1v) is 4.35. The van der Waals surface area contributed by atoms with Crippen LogP contribution in [0.4, 0.5) is 0 Å². The van der Waals surface area contributed by atoms with Gasteiger partial charge in [-0.05, 0) is 37.8 Å². The number of aliphatic hydroxyl groups excluding tert-OH is 1. The molecule has 0 aromatic rings. The Balaban J connectivity index is 2.61. The first-order chi connectivity index (χ1) is 5.74. The van der Waals surface area contributed by atoms with E-state index in [1.165, 1.54) is 5.57 Å². The number of hydrogen-bond donors (Lipinski definition) is 1. The van der Waals surface area contributed by atoms with Crippen molar-refractivity contribution >= 4 is 0 Å². The van der Waals surface area contributed by atoms with Crippen LogP contribution in [-0.2, 0) is 4.74 Å². The van der Waals surface area contributed by atoms with Crippen LogP contribution >= 0.6 is 0 Å². The van der Waals surface area contributed by atoms with Crippen LogP contribution in [0.3, 0.4) is 0 Å². The molecule has 0 bridgehead atoms. The lowest BCUT2D eigenvalue weighted by Gasteiger charge is -2.16. The molecule has 0 saturated heterocycles. The molecule has 0 aromatic carbocycles. The summed E-state index contributed by atoms with van der Waals surface area (Å²) in [6, 6.07) is 0. The van der Waals surface area contributed by atoms with Crippen LogP contribution in [0, 0.1) is 0 Å². The maximum atomic E-state index is 8.89. The van der Waals surface area contributed by atoms with Gasteiger partial charge in [0.2, 0.25) is 0 Å². The molecule has 0 saturated carbocycles. The van der Waals surface area contributed by atoms with Crippen LogP contribution < -0.4 is 0 Å². The van der Waals surface area contributed by atoms with Crippen molar-refractivity contribution in [2.45, 2.75) is 32.8 Å². The third-order valence-electron chi connectivity index (χ3n) is 2.21. The Morgan fingerprint density at radius 3 is 3.08 bits per heavy atom. The normalized spacial score (nSPS) is 33.4. The zero-order chi connectivity index (χ0) is 8.97. The average molecular weight is 168 g/mol. The minimum Gasteiger partial charge on any atom is -0.494 e. The highest BCUT2D eigenvalue weighted by Crippen LogP contribution is 2.15. The van der Waals surface area contributed by atoms with E-state index in [0.717, 1.165) is 18.4 Å². The zero-order valence-corrected chi connectivity index (χ0v) is 7.71. The first kappa shape index (κ1) is 9.33. The molecule has 0 amide bonds. The van der Waals surface area contributed by atoms with E-state index in [9.17, 15) is 0 Å². The lowest BCUT2D eigenvalue weighted by atomic mass is 10.1. The zero-order valence-electron chi connectivity index (χ0n) is 7.71. The van der Waals surface area contributed by atoms with Gasteiger partial charge >= 0.3 is 0 Å². The number of rotatable bonds is 1. The molecule has 1 rings (SSSR count). The number of aliphatic hydroxyl groups is 1. The molecular formula is C10H16O2. The Kier molecular flexibility index (Phi) is 3.35. The largest absolute Gasteiger partial charge is 0.494 e.